The van der Waals surface area contributed by atoms with E-state index in [0.717, 1.165) is 0 Å². The summed E-state index contributed by atoms with van der Waals surface area (Å²) >= 11 is 6.17. The van der Waals surface area contributed by atoms with Crippen molar-refractivity contribution in [3.63, 3.8) is 0 Å². The average Bonchev–Trinajstić information content (AvgIpc) is 3.37. The van der Waals surface area contributed by atoms with Crippen molar-refractivity contribution in [2.24, 2.45) is 16.7 Å². The van der Waals surface area contributed by atoms with Crippen LogP contribution in [0.25, 0.3) is 0 Å². The molecule has 12 atom stereocenters. The summed E-state index contributed by atoms with van der Waals surface area (Å²) in [7, 11) is -2.66. The summed E-state index contributed by atoms with van der Waals surface area (Å²) in [5.74, 6) is -6.08. The molecule has 3 aliphatic carbocycles. The van der Waals surface area contributed by atoms with Gasteiger partial charge in [0, 0.05) is 49.3 Å². The molecular weight excluding hydrogens is 1000 g/mol. The Labute approximate surface area is 445 Å². The van der Waals surface area contributed by atoms with Gasteiger partial charge in [-0.25, -0.2) is 9.59 Å². The SMILES string of the molecule is CCOC(C)O[C@@H](C(=O)O[C@H]1C[C@@]2(O)[C@@H](OC(=O)c3ccccc3)[C@@H]3[C@]4(OC(C)=O)CO[C@@H]4C[C@H](O[Si](CC)(CC)CC)[C@@]3(C)C(=O)[C@H](OC(C)=O)C(=C1C)C2(C)C)[C@@H](NC(=O)c1ccc(Cl)cc1)c1ccccc1. The lowest BCUT2D eigenvalue weighted by atomic mass is 9.44. The van der Waals surface area contributed by atoms with E-state index in [2.05, 4.69) is 5.32 Å². The Bertz CT molecular complexity index is 2620. The average molecular weight is 1070 g/mol. The van der Waals surface area contributed by atoms with Crippen LogP contribution in [0.5, 0.6) is 0 Å². The summed E-state index contributed by atoms with van der Waals surface area (Å²) in [5.41, 5.74) is -6.38. The predicted molar refractivity (Wildman–Crippen MR) is 279 cm³/mol. The quantitative estimate of drug-likeness (QED) is 0.0378. The van der Waals surface area contributed by atoms with Crippen molar-refractivity contribution < 1.29 is 71.5 Å². The summed E-state index contributed by atoms with van der Waals surface area (Å²) in [5, 5.41) is 17.7. The number of ether oxygens (including phenoxy) is 7. The third-order valence-electron chi connectivity index (χ3n) is 16.6. The van der Waals surface area contributed by atoms with Crippen molar-refractivity contribution in [1.29, 1.82) is 0 Å². The number of amides is 1. The van der Waals surface area contributed by atoms with E-state index >= 15 is 9.59 Å². The highest BCUT2D eigenvalue weighted by atomic mass is 35.5. The molecule has 1 heterocycles. The Morgan fingerprint density at radius 2 is 1.45 bits per heavy atom. The van der Waals surface area contributed by atoms with Crippen molar-refractivity contribution in [2.45, 2.75) is 167 Å². The summed E-state index contributed by atoms with van der Waals surface area (Å²) in [6, 6.07) is 23.8. The molecule has 1 aliphatic heterocycles. The maximum Gasteiger partial charge on any atom is 0.338 e. The zero-order valence-corrected chi connectivity index (χ0v) is 46.5. The number of rotatable bonds is 19. The van der Waals surface area contributed by atoms with Crippen molar-refractivity contribution in [3.8, 4) is 0 Å². The minimum absolute atomic E-state index is 0.0751. The first kappa shape index (κ1) is 57.4. The number of benzene rings is 3. The smallest absolute Gasteiger partial charge is 0.338 e. The molecular formula is C57H72ClNO15Si. The molecule has 4 aliphatic rings. The molecule has 3 fully saturated rings. The molecule has 2 N–H and O–H groups in total. The van der Waals surface area contributed by atoms with Gasteiger partial charge in [0.25, 0.3) is 5.91 Å². The monoisotopic (exact) mass is 1070 g/mol. The lowest BCUT2D eigenvalue weighted by molar-refractivity contribution is -0.344. The number of hydrogen-bond acceptors (Lipinski definition) is 15. The van der Waals surface area contributed by atoms with Crippen LogP contribution in [-0.4, -0.2) is 116 Å². The van der Waals surface area contributed by atoms with Crippen molar-refractivity contribution in [3.05, 3.63) is 118 Å². The summed E-state index contributed by atoms with van der Waals surface area (Å²) in [6.07, 6.45) is -9.90. The highest BCUT2D eigenvalue weighted by Crippen LogP contribution is 2.65. The van der Waals surface area contributed by atoms with Crippen molar-refractivity contribution in [2.75, 3.05) is 13.2 Å². The molecule has 7 rings (SSSR count). The van der Waals surface area contributed by atoms with Gasteiger partial charge < -0.3 is 48.0 Å². The number of hydrogen-bond donors (Lipinski definition) is 2. The van der Waals surface area contributed by atoms with Gasteiger partial charge in [0.1, 0.15) is 23.9 Å². The molecule has 1 unspecified atom stereocenters. The van der Waals surface area contributed by atoms with Crippen LogP contribution in [0.1, 0.15) is 121 Å². The lowest BCUT2D eigenvalue weighted by Gasteiger charge is -2.68. The highest BCUT2D eigenvalue weighted by Gasteiger charge is 2.79. The van der Waals surface area contributed by atoms with Gasteiger partial charge >= 0.3 is 23.9 Å². The number of esters is 4. The van der Waals surface area contributed by atoms with E-state index in [-0.39, 0.29) is 41.9 Å². The Hall–Kier alpha value is -5.27. The van der Waals surface area contributed by atoms with E-state index < -0.39 is 127 Å². The van der Waals surface area contributed by atoms with E-state index in [0.29, 0.717) is 28.7 Å². The largest absolute Gasteiger partial charge is 0.456 e. The van der Waals surface area contributed by atoms with Crippen LogP contribution >= 0.6 is 11.6 Å². The molecule has 18 heteroatoms. The topological polar surface area (TPSA) is 209 Å². The standard InChI is InChI=1S/C57H72ClNO15Si/c1-12-67-36(8)70-47(45(37-22-18-16-19-23-37)59-51(63)38-26-28-40(58)29-27-38)53(65)71-41-31-57(66)50(72-52(64)39-24-20-17-21-25-39)48-55(11,49(62)46(69-34(6)60)44(33(41)5)54(57,9)10)42(74-75(13-2,14-3)15-4)30-43-56(48,32-68-43)73-35(7)61/h16-29,36,41-43,45-48,50,66H,12-15,30-32H2,1-11H3,(H,59,63)/t36?,41-,42-,43+,45-,46+,47+,48-,50-,55+,56-,57+/m0/s1. The number of Topliss-reactive ketones (excluding diaryl/α,β-unsaturated/α-hetero) is 1. The molecule has 3 aromatic carbocycles. The molecule has 75 heavy (non-hydrogen) atoms. The van der Waals surface area contributed by atoms with E-state index in [1.54, 1.807) is 114 Å². The Morgan fingerprint density at radius 1 is 0.840 bits per heavy atom. The third kappa shape index (κ3) is 10.7. The first-order valence-electron chi connectivity index (χ1n) is 26.0. The maximum atomic E-state index is 16.5. The molecule has 2 bridgehead atoms. The first-order valence-corrected chi connectivity index (χ1v) is 28.9. The van der Waals surface area contributed by atoms with Gasteiger partial charge in [-0.15, -0.1) is 0 Å². The minimum atomic E-state index is -2.66. The van der Waals surface area contributed by atoms with Crippen LogP contribution in [0.15, 0.2) is 96.1 Å². The predicted octanol–water partition coefficient (Wildman–Crippen LogP) is 8.83. The molecule has 3 aromatic rings. The first-order chi connectivity index (χ1) is 35.5. The maximum absolute atomic E-state index is 16.5. The van der Waals surface area contributed by atoms with Gasteiger partial charge in [0.15, 0.2) is 38.2 Å². The molecule has 16 nitrogen and oxygen atoms in total. The highest BCUT2D eigenvalue weighted by molar-refractivity contribution is 6.73. The van der Waals surface area contributed by atoms with Crippen LogP contribution < -0.4 is 5.32 Å². The molecule has 406 valence electrons. The fourth-order valence-corrected chi connectivity index (χ4v) is 15.3. The summed E-state index contributed by atoms with van der Waals surface area (Å²) in [6.45, 7) is 18.4. The second-order valence-corrected chi connectivity index (χ2v) is 26.1. The Kier molecular flexibility index (Phi) is 17.4. The second kappa shape index (κ2) is 22.7. The molecule has 0 spiro atoms. The fourth-order valence-electron chi connectivity index (χ4n) is 12.2. The molecule has 2 saturated carbocycles. The zero-order chi connectivity index (χ0) is 54.8. The number of carbonyl (C=O) groups is 6. The number of nitrogens with one attached hydrogen (secondary N) is 1. The number of halogens is 1. The van der Waals surface area contributed by atoms with E-state index in [4.69, 9.17) is 49.2 Å². The van der Waals surface area contributed by atoms with Gasteiger partial charge in [-0.2, -0.15) is 0 Å². The number of fused-ring (bicyclic) bond motifs is 5. The Morgan fingerprint density at radius 3 is 2.00 bits per heavy atom. The lowest BCUT2D eigenvalue weighted by Crippen LogP contribution is -2.82. The van der Waals surface area contributed by atoms with Crippen LogP contribution in [0.4, 0.5) is 0 Å². The van der Waals surface area contributed by atoms with Crippen molar-refractivity contribution >= 4 is 55.5 Å². The number of carbonyl (C=O) groups excluding carboxylic acids is 6. The van der Waals surface area contributed by atoms with Crippen LogP contribution in [0.2, 0.25) is 23.2 Å². The van der Waals surface area contributed by atoms with Gasteiger partial charge in [-0.05, 0) is 98.9 Å². The van der Waals surface area contributed by atoms with Gasteiger partial charge in [-0.3, -0.25) is 19.2 Å². The van der Waals surface area contributed by atoms with Crippen LogP contribution in [0, 0.1) is 16.7 Å². The third-order valence-corrected chi connectivity index (χ3v) is 21.5. The van der Waals surface area contributed by atoms with Crippen molar-refractivity contribution in [1.82, 2.24) is 5.32 Å². The number of ketones is 1. The zero-order valence-electron chi connectivity index (χ0n) is 44.8. The number of aliphatic hydroxyl groups is 1. The van der Waals surface area contributed by atoms with E-state index in [1.165, 1.54) is 26.0 Å². The normalized spacial score (nSPS) is 29.1. The minimum Gasteiger partial charge on any atom is -0.456 e. The molecule has 0 radical (unpaired) electrons. The fraction of sp³-hybridized carbons (Fsp3) is 0.544. The van der Waals surface area contributed by atoms with Gasteiger partial charge in [0.2, 0.25) is 0 Å². The van der Waals surface area contributed by atoms with E-state index in [1.807, 2.05) is 20.8 Å². The van der Waals surface area contributed by atoms with Crippen LogP contribution in [0.3, 0.4) is 0 Å². The van der Waals surface area contributed by atoms with Gasteiger partial charge in [0.05, 0.1) is 35.6 Å². The Balaban J connectivity index is 1.47. The molecule has 1 saturated heterocycles. The summed E-state index contributed by atoms with van der Waals surface area (Å²) < 4.78 is 51.8. The molecule has 0 aromatic heterocycles. The summed E-state index contributed by atoms with van der Waals surface area (Å²) in [4.78, 5) is 87.9. The molecule has 1 amide bonds. The van der Waals surface area contributed by atoms with Gasteiger partial charge in [-0.1, -0.05) is 94.8 Å². The van der Waals surface area contributed by atoms with E-state index in [9.17, 15) is 24.3 Å². The second-order valence-electron chi connectivity index (χ2n) is 21.0. The van der Waals surface area contributed by atoms with Crippen LogP contribution in [-0.2, 0) is 56.8 Å².